The maximum atomic E-state index is 13.0. The summed E-state index contributed by atoms with van der Waals surface area (Å²) < 4.78 is 60.2. The van der Waals surface area contributed by atoms with Crippen molar-refractivity contribution in [2.45, 2.75) is 17.4 Å². The molecule has 1 fully saturated rings. The maximum absolute atomic E-state index is 13.0. The van der Waals surface area contributed by atoms with Gasteiger partial charge in [-0.3, -0.25) is 4.79 Å². The third-order valence-corrected chi connectivity index (χ3v) is 7.55. The molecular formula is C14H19NO8S2. The fourth-order valence-corrected chi connectivity index (χ4v) is 6.23. The van der Waals surface area contributed by atoms with Crippen molar-refractivity contribution in [1.82, 2.24) is 4.31 Å². The van der Waals surface area contributed by atoms with Crippen molar-refractivity contribution < 1.29 is 36.2 Å². The number of rotatable bonds is 7. The first-order valence-electron chi connectivity index (χ1n) is 7.27. The molecule has 1 atom stereocenters. The number of sulfonamides is 1. The van der Waals surface area contributed by atoms with Crippen LogP contribution in [0.3, 0.4) is 0 Å². The van der Waals surface area contributed by atoms with Gasteiger partial charge in [0, 0.05) is 12.1 Å². The van der Waals surface area contributed by atoms with Crippen molar-refractivity contribution in [3.05, 3.63) is 18.2 Å². The number of benzene rings is 1. The number of hydrogen-bond donors (Lipinski definition) is 1. The second-order valence-corrected chi connectivity index (χ2v) is 9.61. The molecular weight excluding hydrogens is 374 g/mol. The third-order valence-electron chi connectivity index (χ3n) is 3.86. The Bertz CT molecular complexity index is 863. The highest BCUT2D eigenvalue weighted by Crippen LogP contribution is 2.33. The van der Waals surface area contributed by atoms with E-state index in [4.69, 9.17) is 14.6 Å². The van der Waals surface area contributed by atoms with Gasteiger partial charge in [0.2, 0.25) is 10.0 Å². The van der Waals surface area contributed by atoms with E-state index in [9.17, 15) is 21.6 Å². The fraction of sp³-hybridized carbons (Fsp3) is 0.500. The minimum atomic E-state index is -4.29. The van der Waals surface area contributed by atoms with E-state index in [1.165, 1.54) is 32.4 Å². The summed E-state index contributed by atoms with van der Waals surface area (Å²) in [4.78, 5) is 10.9. The lowest BCUT2D eigenvalue weighted by atomic mass is 10.2. The van der Waals surface area contributed by atoms with E-state index >= 15 is 0 Å². The van der Waals surface area contributed by atoms with E-state index in [1.807, 2.05) is 0 Å². The molecule has 1 aliphatic rings. The first kappa shape index (κ1) is 19.5. The molecule has 1 N–H and O–H groups in total. The van der Waals surface area contributed by atoms with E-state index in [1.54, 1.807) is 0 Å². The van der Waals surface area contributed by atoms with Gasteiger partial charge in [-0.25, -0.2) is 16.8 Å². The molecule has 2 rings (SSSR count). The van der Waals surface area contributed by atoms with Gasteiger partial charge in [0.25, 0.3) is 0 Å². The van der Waals surface area contributed by atoms with E-state index in [2.05, 4.69) is 0 Å². The second kappa shape index (κ2) is 7.18. The lowest BCUT2D eigenvalue weighted by molar-refractivity contribution is -0.137. The van der Waals surface area contributed by atoms with Crippen LogP contribution >= 0.6 is 0 Å². The number of carboxylic acids is 1. The van der Waals surface area contributed by atoms with Crippen molar-refractivity contribution in [2.75, 3.05) is 32.3 Å². The molecule has 140 valence electrons. The van der Waals surface area contributed by atoms with Crippen LogP contribution in [0.25, 0.3) is 0 Å². The molecule has 1 saturated heterocycles. The van der Waals surface area contributed by atoms with Gasteiger partial charge in [0.1, 0.15) is 22.9 Å². The number of methoxy groups -OCH3 is 2. The van der Waals surface area contributed by atoms with Crippen LogP contribution in [0, 0.1) is 0 Å². The lowest BCUT2D eigenvalue weighted by Gasteiger charge is -2.26. The van der Waals surface area contributed by atoms with Crippen LogP contribution in [0.15, 0.2) is 23.1 Å². The van der Waals surface area contributed by atoms with Gasteiger partial charge in [-0.1, -0.05) is 0 Å². The zero-order valence-corrected chi connectivity index (χ0v) is 15.3. The number of nitrogens with zero attached hydrogens (tertiary/aromatic N) is 1. The molecule has 0 saturated carbocycles. The van der Waals surface area contributed by atoms with Crippen LogP contribution in [0.2, 0.25) is 0 Å². The standard InChI is InChI=1S/C14H19NO8S2/c1-22-11-3-4-13(12(7-11)23-2)25(20,21)15(8-14(16)17)10-5-6-24(18,19)9-10/h3-4,7,10H,5-6,8-9H2,1-2H3,(H,16,17)/t10-/m0/s1. The molecule has 11 heteroatoms. The van der Waals surface area contributed by atoms with Gasteiger partial charge in [-0.05, 0) is 18.6 Å². The minimum Gasteiger partial charge on any atom is -0.497 e. The van der Waals surface area contributed by atoms with Crippen molar-refractivity contribution in [3.8, 4) is 11.5 Å². The Morgan fingerprint density at radius 1 is 1.32 bits per heavy atom. The lowest BCUT2D eigenvalue weighted by Crippen LogP contribution is -2.44. The monoisotopic (exact) mass is 393 g/mol. The SMILES string of the molecule is COc1ccc(S(=O)(=O)N(CC(=O)O)[C@H]2CCS(=O)(=O)C2)c(OC)c1. The van der Waals surface area contributed by atoms with Crippen molar-refractivity contribution >= 4 is 25.8 Å². The normalized spacial score (nSPS) is 19.7. The molecule has 0 radical (unpaired) electrons. The molecule has 1 aliphatic heterocycles. The van der Waals surface area contributed by atoms with Gasteiger partial charge >= 0.3 is 5.97 Å². The highest BCUT2D eigenvalue weighted by Gasteiger charge is 2.40. The molecule has 1 heterocycles. The summed E-state index contributed by atoms with van der Waals surface area (Å²) in [6.07, 6.45) is 0.0489. The Labute approximate surface area is 146 Å². The minimum absolute atomic E-state index is 0.0180. The van der Waals surface area contributed by atoms with E-state index < -0.39 is 44.2 Å². The number of sulfone groups is 1. The fourth-order valence-electron chi connectivity index (χ4n) is 2.66. The smallest absolute Gasteiger partial charge is 0.318 e. The Morgan fingerprint density at radius 3 is 2.48 bits per heavy atom. The van der Waals surface area contributed by atoms with E-state index in [0.717, 1.165) is 0 Å². The summed E-state index contributed by atoms with van der Waals surface area (Å²) in [6, 6.07) is 3.07. The molecule has 0 unspecified atom stereocenters. The van der Waals surface area contributed by atoms with Gasteiger partial charge in [0.05, 0.1) is 25.7 Å². The van der Waals surface area contributed by atoms with Crippen LogP contribution in [0.5, 0.6) is 11.5 Å². The summed E-state index contributed by atoms with van der Waals surface area (Å²) in [7, 11) is -5.01. The number of aliphatic carboxylic acids is 1. The predicted molar refractivity (Wildman–Crippen MR) is 88.1 cm³/mol. The van der Waals surface area contributed by atoms with E-state index in [0.29, 0.717) is 10.1 Å². The largest absolute Gasteiger partial charge is 0.497 e. The Morgan fingerprint density at radius 2 is 2.00 bits per heavy atom. The van der Waals surface area contributed by atoms with Crippen molar-refractivity contribution in [2.24, 2.45) is 0 Å². The first-order valence-corrected chi connectivity index (χ1v) is 10.5. The highest BCUT2D eigenvalue weighted by molar-refractivity contribution is 7.92. The Balaban J connectivity index is 2.50. The molecule has 1 aromatic rings. The highest BCUT2D eigenvalue weighted by atomic mass is 32.2. The molecule has 0 spiro atoms. The summed E-state index contributed by atoms with van der Waals surface area (Å²) >= 11 is 0. The van der Waals surface area contributed by atoms with Crippen LogP contribution in [-0.4, -0.2) is 70.5 Å². The molecule has 0 amide bonds. The van der Waals surface area contributed by atoms with Gasteiger partial charge < -0.3 is 14.6 Å². The van der Waals surface area contributed by atoms with Crippen molar-refractivity contribution in [3.63, 3.8) is 0 Å². The number of ether oxygens (including phenoxy) is 2. The average molecular weight is 393 g/mol. The summed E-state index contributed by atoms with van der Waals surface area (Å²) in [6.45, 7) is -0.836. The van der Waals surface area contributed by atoms with Gasteiger partial charge in [-0.15, -0.1) is 0 Å². The summed E-state index contributed by atoms with van der Waals surface area (Å²) in [5.74, 6) is -1.61. The summed E-state index contributed by atoms with van der Waals surface area (Å²) in [5.41, 5.74) is 0. The third kappa shape index (κ3) is 4.22. The topological polar surface area (TPSA) is 127 Å². The van der Waals surface area contributed by atoms with Gasteiger partial charge in [-0.2, -0.15) is 4.31 Å². The molecule has 9 nitrogen and oxygen atoms in total. The first-order chi connectivity index (χ1) is 11.6. The summed E-state index contributed by atoms with van der Waals surface area (Å²) in [5, 5.41) is 9.09. The van der Waals surface area contributed by atoms with Gasteiger partial charge in [0.15, 0.2) is 9.84 Å². The van der Waals surface area contributed by atoms with E-state index in [-0.39, 0.29) is 22.8 Å². The average Bonchev–Trinajstić information content (AvgIpc) is 2.91. The Kier molecular flexibility index (Phi) is 5.59. The van der Waals surface area contributed by atoms with Crippen LogP contribution in [-0.2, 0) is 24.7 Å². The zero-order chi connectivity index (χ0) is 18.8. The van der Waals surface area contributed by atoms with Crippen molar-refractivity contribution in [1.29, 1.82) is 0 Å². The maximum Gasteiger partial charge on any atom is 0.318 e. The zero-order valence-electron chi connectivity index (χ0n) is 13.7. The van der Waals surface area contributed by atoms with Crippen LogP contribution in [0.1, 0.15) is 6.42 Å². The Hall–Kier alpha value is -1.85. The molecule has 25 heavy (non-hydrogen) atoms. The second-order valence-electron chi connectivity index (χ2n) is 5.52. The predicted octanol–water partition coefficient (Wildman–Crippen LogP) is -0.0338. The van der Waals surface area contributed by atoms with Crippen LogP contribution < -0.4 is 9.47 Å². The number of carboxylic acid groups (broad SMARTS) is 1. The molecule has 0 aliphatic carbocycles. The number of hydrogen-bond acceptors (Lipinski definition) is 7. The number of carbonyl (C=O) groups is 1. The quantitative estimate of drug-likeness (QED) is 0.684. The van der Waals surface area contributed by atoms with Crippen LogP contribution in [0.4, 0.5) is 0 Å². The molecule has 1 aromatic carbocycles. The molecule has 0 bridgehead atoms. The molecule has 0 aromatic heterocycles.